The number of nitrogens with one attached hydrogen (secondary N) is 2. The Kier molecular flexibility index (Phi) is 6.03. The van der Waals surface area contributed by atoms with Crippen LogP contribution in [0.4, 0.5) is 5.82 Å². The lowest BCUT2D eigenvalue weighted by atomic mass is 10.1. The van der Waals surface area contributed by atoms with E-state index in [0.29, 0.717) is 28.6 Å². The number of aromatic nitrogens is 5. The SMILES string of the molecule is C/C(=C/C(=N)C#N)Nc1nc(-n2cnc3ccc(-c4ccn(C)c(=O)n4)cc32)ccc1C(C)O. The van der Waals surface area contributed by atoms with Crippen molar-refractivity contribution in [3.05, 3.63) is 76.7 Å². The number of allylic oxidation sites excluding steroid dienone is 2. The van der Waals surface area contributed by atoms with Crippen molar-refractivity contribution in [3.63, 3.8) is 0 Å². The van der Waals surface area contributed by atoms with E-state index in [9.17, 15) is 9.90 Å². The second kappa shape index (κ2) is 9.09. The Morgan fingerprint density at radius 3 is 2.76 bits per heavy atom. The average molecular weight is 454 g/mol. The van der Waals surface area contributed by atoms with Crippen molar-refractivity contribution in [3.8, 4) is 23.1 Å². The van der Waals surface area contributed by atoms with E-state index in [-0.39, 0.29) is 11.4 Å². The number of hydrogen-bond acceptors (Lipinski definition) is 8. The third-order valence-electron chi connectivity index (χ3n) is 5.22. The summed E-state index contributed by atoms with van der Waals surface area (Å²) in [6.07, 6.45) is 3.91. The van der Waals surface area contributed by atoms with E-state index in [2.05, 4.69) is 20.3 Å². The second-order valence-electron chi connectivity index (χ2n) is 7.79. The Labute approximate surface area is 195 Å². The first kappa shape index (κ1) is 22.6. The third kappa shape index (κ3) is 4.46. The standard InChI is InChI=1S/C24H22N8O2/c1-14(10-17(26)12-25)28-23-18(15(2)33)5-7-22(30-23)32-13-27-20-6-4-16(11-21(20)32)19-8-9-31(3)24(34)29-19/h4-11,13,15,26,33H,1-3H3,(H,28,30)/b14-10-,26-17?. The maximum Gasteiger partial charge on any atom is 0.347 e. The Bertz CT molecular complexity index is 1540. The molecular weight excluding hydrogens is 432 g/mol. The number of rotatable bonds is 6. The molecule has 0 aliphatic carbocycles. The fourth-order valence-corrected chi connectivity index (χ4v) is 3.48. The fraction of sp³-hybridized carbons (Fsp3) is 0.167. The molecule has 0 spiro atoms. The average Bonchev–Trinajstić information content (AvgIpc) is 3.23. The van der Waals surface area contributed by atoms with Gasteiger partial charge in [0, 0.05) is 30.1 Å². The molecule has 34 heavy (non-hydrogen) atoms. The van der Waals surface area contributed by atoms with Gasteiger partial charge in [-0.3, -0.25) is 9.98 Å². The van der Waals surface area contributed by atoms with Gasteiger partial charge in [-0.2, -0.15) is 10.2 Å². The Balaban J connectivity index is 1.80. The van der Waals surface area contributed by atoms with Gasteiger partial charge >= 0.3 is 5.69 Å². The number of aliphatic hydroxyl groups excluding tert-OH is 1. The van der Waals surface area contributed by atoms with Crippen molar-refractivity contribution in [1.29, 1.82) is 10.7 Å². The number of aryl methyl sites for hydroxylation is 1. The lowest BCUT2D eigenvalue weighted by Gasteiger charge is -2.15. The monoisotopic (exact) mass is 454 g/mol. The van der Waals surface area contributed by atoms with Crippen molar-refractivity contribution < 1.29 is 5.11 Å². The van der Waals surface area contributed by atoms with Gasteiger partial charge in [-0.15, -0.1) is 0 Å². The molecule has 4 aromatic rings. The van der Waals surface area contributed by atoms with Gasteiger partial charge in [0.25, 0.3) is 0 Å². The van der Waals surface area contributed by atoms with E-state index in [0.717, 1.165) is 16.6 Å². The van der Waals surface area contributed by atoms with Crippen LogP contribution in [0.1, 0.15) is 25.5 Å². The van der Waals surface area contributed by atoms with E-state index in [4.69, 9.17) is 10.7 Å². The van der Waals surface area contributed by atoms with Crippen LogP contribution in [0.3, 0.4) is 0 Å². The summed E-state index contributed by atoms with van der Waals surface area (Å²) in [5.74, 6) is 0.949. The van der Waals surface area contributed by atoms with Crippen molar-refractivity contribution in [2.24, 2.45) is 7.05 Å². The van der Waals surface area contributed by atoms with Gasteiger partial charge in [-0.25, -0.2) is 14.8 Å². The highest BCUT2D eigenvalue weighted by molar-refractivity contribution is 6.05. The third-order valence-corrected chi connectivity index (χ3v) is 5.22. The number of benzene rings is 1. The minimum atomic E-state index is -0.787. The van der Waals surface area contributed by atoms with Crippen LogP contribution in [-0.2, 0) is 7.05 Å². The molecule has 3 aromatic heterocycles. The van der Waals surface area contributed by atoms with Crippen LogP contribution in [0.2, 0.25) is 0 Å². The molecule has 0 saturated heterocycles. The predicted molar refractivity (Wildman–Crippen MR) is 129 cm³/mol. The van der Waals surface area contributed by atoms with Crippen LogP contribution >= 0.6 is 0 Å². The van der Waals surface area contributed by atoms with Crippen LogP contribution in [0.5, 0.6) is 0 Å². The topological polar surface area (TPSA) is 146 Å². The molecule has 0 radical (unpaired) electrons. The fourth-order valence-electron chi connectivity index (χ4n) is 3.48. The minimum Gasteiger partial charge on any atom is -0.389 e. The van der Waals surface area contributed by atoms with E-state index < -0.39 is 6.10 Å². The molecule has 1 aromatic carbocycles. The number of fused-ring (bicyclic) bond motifs is 1. The van der Waals surface area contributed by atoms with E-state index in [1.165, 1.54) is 10.6 Å². The first-order valence-corrected chi connectivity index (χ1v) is 10.4. The van der Waals surface area contributed by atoms with Gasteiger partial charge in [0.05, 0.1) is 22.8 Å². The molecule has 4 rings (SSSR count). The highest BCUT2D eigenvalue weighted by Gasteiger charge is 2.14. The zero-order valence-corrected chi connectivity index (χ0v) is 18.8. The smallest absolute Gasteiger partial charge is 0.347 e. The largest absolute Gasteiger partial charge is 0.389 e. The minimum absolute atomic E-state index is 0.197. The van der Waals surface area contributed by atoms with Crippen molar-refractivity contribution in [2.45, 2.75) is 20.0 Å². The van der Waals surface area contributed by atoms with Gasteiger partial charge in [-0.1, -0.05) is 6.07 Å². The Hall–Kier alpha value is -4.62. The Morgan fingerprint density at radius 1 is 1.26 bits per heavy atom. The molecule has 170 valence electrons. The molecule has 0 aliphatic heterocycles. The van der Waals surface area contributed by atoms with Crippen LogP contribution in [0.25, 0.3) is 28.1 Å². The quantitative estimate of drug-likeness (QED) is 0.380. The molecule has 0 saturated carbocycles. The first-order valence-electron chi connectivity index (χ1n) is 10.4. The van der Waals surface area contributed by atoms with Crippen molar-refractivity contribution in [1.82, 2.24) is 24.1 Å². The lowest BCUT2D eigenvalue weighted by Crippen LogP contribution is -2.19. The molecule has 0 amide bonds. The molecule has 0 aliphatic rings. The van der Waals surface area contributed by atoms with Gasteiger partial charge in [0.1, 0.15) is 29.7 Å². The van der Waals surface area contributed by atoms with Crippen molar-refractivity contribution >= 4 is 22.6 Å². The summed E-state index contributed by atoms with van der Waals surface area (Å²) in [6.45, 7) is 3.34. The second-order valence-corrected chi connectivity index (χ2v) is 7.79. The number of pyridine rings is 1. The lowest BCUT2D eigenvalue weighted by molar-refractivity contribution is 0.199. The normalized spacial score (nSPS) is 12.4. The summed E-state index contributed by atoms with van der Waals surface area (Å²) in [6, 6.07) is 12.7. The highest BCUT2D eigenvalue weighted by Crippen LogP contribution is 2.27. The first-order chi connectivity index (χ1) is 16.3. The van der Waals surface area contributed by atoms with E-state index in [1.54, 1.807) is 62.3 Å². The number of hydrogen-bond donors (Lipinski definition) is 3. The maximum atomic E-state index is 12.0. The van der Waals surface area contributed by atoms with Crippen molar-refractivity contribution in [2.75, 3.05) is 5.32 Å². The molecule has 3 N–H and O–H groups in total. The molecular formula is C24H22N8O2. The molecule has 10 heteroatoms. The highest BCUT2D eigenvalue weighted by atomic mass is 16.3. The summed E-state index contributed by atoms with van der Waals surface area (Å²) in [5.41, 5.74) is 3.38. The molecule has 0 bridgehead atoms. The molecule has 10 nitrogen and oxygen atoms in total. The van der Waals surface area contributed by atoms with E-state index in [1.807, 2.05) is 18.2 Å². The van der Waals surface area contributed by atoms with Gasteiger partial charge < -0.3 is 15.0 Å². The summed E-state index contributed by atoms with van der Waals surface area (Å²) in [5, 5.41) is 29.7. The van der Waals surface area contributed by atoms with Crippen LogP contribution in [0.15, 0.2) is 65.5 Å². The molecule has 3 heterocycles. The molecule has 0 fully saturated rings. The van der Waals surface area contributed by atoms with Crippen LogP contribution < -0.4 is 11.0 Å². The van der Waals surface area contributed by atoms with Gasteiger partial charge in [0.2, 0.25) is 0 Å². The van der Waals surface area contributed by atoms with Gasteiger partial charge in [-0.05, 0) is 50.3 Å². The maximum absolute atomic E-state index is 12.0. The Morgan fingerprint density at radius 2 is 2.06 bits per heavy atom. The zero-order chi connectivity index (χ0) is 24.4. The summed E-state index contributed by atoms with van der Waals surface area (Å²) in [7, 11) is 1.64. The number of imidazole rings is 1. The van der Waals surface area contributed by atoms with Crippen LogP contribution in [-0.4, -0.2) is 34.9 Å². The number of aliphatic hydroxyl groups is 1. The zero-order valence-electron chi connectivity index (χ0n) is 18.8. The molecule has 1 unspecified atom stereocenters. The number of nitrogens with zero attached hydrogens (tertiary/aromatic N) is 6. The summed E-state index contributed by atoms with van der Waals surface area (Å²) in [4.78, 5) is 25.2. The van der Waals surface area contributed by atoms with Crippen LogP contribution in [0, 0.1) is 16.7 Å². The summed E-state index contributed by atoms with van der Waals surface area (Å²) < 4.78 is 3.20. The molecule has 1 atom stereocenters. The summed E-state index contributed by atoms with van der Waals surface area (Å²) >= 11 is 0. The number of anilines is 1. The van der Waals surface area contributed by atoms with E-state index >= 15 is 0 Å². The van der Waals surface area contributed by atoms with Gasteiger partial charge in [0.15, 0.2) is 0 Å². The number of nitriles is 1. The predicted octanol–water partition coefficient (Wildman–Crippen LogP) is 3.09.